The fourth-order valence-corrected chi connectivity index (χ4v) is 2.26. The number of hydrogen-bond donors (Lipinski definition) is 1. The van der Waals surface area contributed by atoms with Crippen LogP contribution in [0.15, 0.2) is 18.2 Å². The van der Waals surface area contributed by atoms with Crippen molar-refractivity contribution in [3.05, 3.63) is 35.1 Å². The molecule has 2 rings (SSSR count). The van der Waals surface area contributed by atoms with Gasteiger partial charge in [-0.2, -0.15) is 0 Å². The summed E-state index contributed by atoms with van der Waals surface area (Å²) in [7, 11) is 0. The summed E-state index contributed by atoms with van der Waals surface area (Å²) in [6.07, 6.45) is 0.807. The Balaban J connectivity index is 2.14. The molecular weight excluding hydrogens is 231 g/mol. The summed E-state index contributed by atoms with van der Waals surface area (Å²) in [5.74, 6) is -0.145. The lowest BCUT2D eigenvalue weighted by atomic mass is 9.94. The predicted molar refractivity (Wildman–Crippen MR) is 68.8 cm³/mol. The highest BCUT2D eigenvalue weighted by atomic mass is 19.1. The molecule has 0 radical (unpaired) electrons. The van der Waals surface area contributed by atoms with Crippen molar-refractivity contribution in [3.8, 4) is 0 Å². The molecule has 2 unspecified atom stereocenters. The Kier molecular flexibility index (Phi) is 3.66. The number of nitrogens with zero attached hydrogens (tertiary/aromatic N) is 1. The maximum atomic E-state index is 13.5. The van der Waals surface area contributed by atoms with Crippen LogP contribution in [0.1, 0.15) is 29.3 Å². The normalized spacial score (nSPS) is 24.1. The zero-order valence-electron chi connectivity index (χ0n) is 10.8. The number of carbonyl (C=O) groups excluding carboxylic acids is 1. The maximum absolute atomic E-state index is 13.5. The van der Waals surface area contributed by atoms with E-state index in [2.05, 4.69) is 0 Å². The van der Waals surface area contributed by atoms with E-state index in [0.717, 1.165) is 6.42 Å². The van der Waals surface area contributed by atoms with Crippen molar-refractivity contribution < 1.29 is 9.18 Å². The van der Waals surface area contributed by atoms with Crippen LogP contribution in [0.3, 0.4) is 0 Å². The first-order chi connectivity index (χ1) is 8.49. The zero-order valence-corrected chi connectivity index (χ0v) is 10.8. The van der Waals surface area contributed by atoms with Crippen LogP contribution in [0, 0.1) is 18.7 Å². The number of hydrogen-bond acceptors (Lipinski definition) is 2. The minimum atomic E-state index is -0.331. The van der Waals surface area contributed by atoms with Gasteiger partial charge in [-0.3, -0.25) is 4.79 Å². The van der Waals surface area contributed by atoms with E-state index in [1.807, 2.05) is 6.92 Å². The van der Waals surface area contributed by atoms with E-state index in [1.54, 1.807) is 24.0 Å². The van der Waals surface area contributed by atoms with Gasteiger partial charge in [0.05, 0.1) is 0 Å². The summed E-state index contributed by atoms with van der Waals surface area (Å²) in [5.41, 5.74) is 6.90. The standard InChI is InChI=1S/C14H19FN2O/c1-9-3-4-11(7-12(9)15)14(18)17-6-5-13(16)10(2)8-17/h3-4,7,10,13H,5-6,8,16H2,1-2H3. The van der Waals surface area contributed by atoms with Gasteiger partial charge in [0.2, 0.25) is 0 Å². The lowest BCUT2D eigenvalue weighted by Gasteiger charge is -2.35. The van der Waals surface area contributed by atoms with E-state index in [1.165, 1.54) is 6.07 Å². The van der Waals surface area contributed by atoms with Crippen LogP contribution >= 0.6 is 0 Å². The third-order valence-electron chi connectivity index (χ3n) is 3.68. The topological polar surface area (TPSA) is 46.3 Å². The van der Waals surface area contributed by atoms with Crippen molar-refractivity contribution in [2.45, 2.75) is 26.3 Å². The number of benzene rings is 1. The minimum absolute atomic E-state index is 0.104. The number of nitrogens with two attached hydrogens (primary N) is 1. The highest BCUT2D eigenvalue weighted by molar-refractivity contribution is 5.94. The van der Waals surface area contributed by atoms with Crippen LogP contribution in [0.5, 0.6) is 0 Å². The molecule has 0 spiro atoms. The lowest BCUT2D eigenvalue weighted by Crippen LogP contribution is -2.48. The summed E-state index contributed by atoms with van der Waals surface area (Å²) in [6.45, 7) is 5.03. The van der Waals surface area contributed by atoms with Crippen molar-refractivity contribution in [1.29, 1.82) is 0 Å². The molecule has 1 aromatic rings. The number of aryl methyl sites for hydroxylation is 1. The average molecular weight is 250 g/mol. The van der Waals surface area contributed by atoms with E-state index >= 15 is 0 Å². The van der Waals surface area contributed by atoms with Crippen molar-refractivity contribution in [1.82, 2.24) is 4.90 Å². The molecular formula is C14H19FN2O. The number of amides is 1. The fraction of sp³-hybridized carbons (Fsp3) is 0.500. The van der Waals surface area contributed by atoms with Crippen LogP contribution in [0.25, 0.3) is 0 Å². The second-order valence-electron chi connectivity index (χ2n) is 5.14. The van der Waals surface area contributed by atoms with E-state index in [9.17, 15) is 9.18 Å². The Hall–Kier alpha value is -1.42. The van der Waals surface area contributed by atoms with Gasteiger partial charge in [-0.25, -0.2) is 4.39 Å². The summed E-state index contributed by atoms with van der Waals surface area (Å²) in [6, 6.07) is 4.79. The Morgan fingerprint density at radius 1 is 1.50 bits per heavy atom. The highest BCUT2D eigenvalue weighted by Crippen LogP contribution is 2.18. The zero-order chi connectivity index (χ0) is 13.3. The Morgan fingerprint density at radius 3 is 2.83 bits per heavy atom. The second kappa shape index (κ2) is 5.06. The Bertz CT molecular complexity index is 461. The smallest absolute Gasteiger partial charge is 0.253 e. The van der Waals surface area contributed by atoms with Gasteiger partial charge >= 0.3 is 0 Å². The quantitative estimate of drug-likeness (QED) is 0.828. The van der Waals surface area contributed by atoms with Crippen molar-refractivity contribution >= 4 is 5.91 Å². The van der Waals surface area contributed by atoms with Gasteiger partial charge in [0.1, 0.15) is 5.82 Å². The van der Waals surface area contributed by atoms with Crippen LogP contribution in [-0.4, -0.2) is 29.9 Å². The number of piperidine rings is 1. The average Bonchev–Trinajstić information content (AvgIpc) is 2.35. The molecule has 0 saturated carbocycles. The largest absolute Gasteiger partial charge is 0.338 e. The maximum Gasteiger partial charge on any atom is 0.253 e. The molecule has 1 aliphatic heterocycles. The molecule has 18 heavy (non-hydrogen) atoms. The molecule has 1 fully saturated rings. The summed E-state index contributed by atoms with van der Waals surface area (Å²) in [4.78, 5) is 14.0. The van der Waals surface area contributed by atoms with E-state index in [0.29, 0.717) is 24.2 Å². The molecule has 0 aliphatic carbocycles. The van der Waals surface area contributed by atoms with Gasteiger partial charge in [0.25, 0.3) is 5.91 Å². The monoisotopic (exact) mass is 250 g/mol. The van der Waals surface area contributed by atoms with Crippen molar-refractivity contribution in [2.24, 2.45) is 11.7 Å². The SMILES string of the molecule is Cc1ccc(C(=O)N2CCC(N)C(C)C2)cc1F. The van der Waals surface area contributed by atoms with Crippen molar-refractivity contribution in [3.63, 3.8) is 0 Å². The molecule has 1 heterocycles. The predicted octanol–water partition coefficient (Wildman–Crippen LogP) is 1.94. The third-order valence-corrected chi connectivity index (χ3v) is 3.68. The first-order valence-corrected chi connectivity index (χ1v) is 6.30. The molecule has 98 valence electrons. The number of likely N-dealkylation sites (tertiary alicyclic amines) is 1. The Morgan fingerprint density at radius 2 is 2.22 bits per heavy atom. The highest BCUT2D eigenvalue weighted by Gasteiger charge is 2.27. The van der Waals surface area contributed by atoms with E-state index in [4.69, 9.17) is 5.73 Å². The molecule has 1 aliphatic rings. The Labute approximate surface area is 107 Å². The second-order valence-corrected chi connectivity index (χ2v) is 5.14. The van der Waals surface area contributed by atoms with E-state index < -0.39 is 0 Å². The third kappa shape index (κ3) is 2.53. The number of carbonyl (C=O) groups is 1. The fourth-order valence-electron chi connectivity index (χ4n) is 2.26. The van der Waals surface area contributed by atoms with Gasteiger partial charge < -0.3 is 10.6 Å². The van der Waals surface area contributed by atoms with Gasteiger partial charge in [-0.1, -0.05) is 13.0 Å². The first kappa shape index (κ1) is 13.0. The molecule has 0 bridgehead atoms. The summed E-state index contributed by atoms with van der Waals surface area (Å²) < 4.78 is 13.5. The molecule has 1 saturated heterocycles. The van der Waals surface area contributed by atoms with Gasteiger partial charge in [-0.05, 0) is 37.0 Å². The van der Waals surface area contributed by atoms with Crippen LogP contribution in [0.4, 0.5) is 4.39 Å². The summed E-state index contributed by atoms with van der Waals surface area (Å²) in [5, 5.41) is 0. The molecule has 0 aromatic heterocycles. The molecule has 4 heteroatoms. The first-order valence-electron chi connectivity index (χ1n) is 6.30. The summed E-state index contributed by atoms with van der Waals surface area (Å²) >= 11 is 0. The molecule has 2 atom stereocenters. The van der Waals surface area contributed by atoms with Gasteiger partial charge in [-0.15, -0.1) is 0 Å². The van der Waals surface area contributed by atoms with Gasteiger partial charge in [0.15, 0.2) is 0 Å². The number of halogens is 1. The van der Waals surface area contributed by atoms with Crippen LogP contribution in [-0.2, 0) is 0 Å². The molecule has 1 amide bonds. The van der Waals surface area contributed by atoms with Crippen LogP contribution in [0.2, 0.25) is 0 Å². The van der Waals surface area contributed by atoms with E-state index in [-0.39, 0.29) is 23.7 Å². The minimum Gasteiger partial charge on any atom is -0.338 e. The van der Waals surface area contributed by atoms with Gasteiger partial charge in [0, 0.05) is 24.7 Å². The molecule has 2 N–H and O–H groups in total. The number of rotatable bonds is 1. The molecule has 1 aromatic carbocycles. The lowest BCUT2D eigenvalue weighted by molar-refractivity contribution is 0.0663. The van der Waals surface area contributed by atoms with Crippen LogP contribution < -0.4 is 5.73 Å². The van der Waals surface area contributed by atoms with Crippen molar-refractivity contribution in [2.75, 3.05) is 13.1 Å². The molecule has 3 nitrogen and oxygen atoms in total.